The van der Waals surface area contributed by atoms with E-state index in [1.165, 1.54) is 5.56 Å². The molecule has 1 aliphatic rings. The van der Waals surface area contributed by atoms with Crippen LogP contribution in [0.3, 0.4) is 0 Å². The van der Waals surface area contributed by atoms with Gasteiger partial charge >= 0.3 is 0 Å². The topological polar surface area (TPSA) is 69.2 Å². The maximum atomic E-state index is 13.2. The number of fused-ring (bicyclic) bond motifs is 1. The van der Waals surface area contributed by atoms with Crippen LogP contribution in [0.2, 0.25) is 5.02 Å². The Morgan fingerprint density at radius 1 is 1.20 bits per heavy atom. The lowest BCUT2D eigenvalue weighted by Gasteiger charge is -2.26. The zero-order valence-corrected chi connectivity index (χ0v) is 18.2. The van der Waals surface area contributed by atoms with Gasteiger partial charge in [-0.3, -0.25) is 9.89 Å². The van der Waals surface area contributed by atoms with Crippen molar-refractivity contribution < 1.29 is 9.90 Å². The van der Waals surface area contributed by atoms with E-state index < -0.39 is 0 Å². The number of hydrogen-bond donors (Lipinski definition) is 2. The Kier molecular flexibility index (Phi) is 5.56. The summed E-state index contributed by atoms with van der Waals surface area (Å²) >= 11 is 6.18. The Bertz CT molecular complexity index is 1070. The van der Waals surface area contributed by atoms with Gasteiger partial charge < -0.3 is 10.0 Å². The number of phenolic OH excluding ortho intramolecular Hbond substituents is 1. The molecule has 1 unspecified atom stereocenters. The Morgan fingerprint density at radius 2 is 1.93 bits per heavy atom. The molecule has 156 valence electrons. The standard InChI is InChI=1S/C24H26ClN3O2/c1-4-5-12-28-23(16-8-6-15(7-9-16)14(2)3)20-21(26-27-22(20)24(28)30)18-13-17(25)10-11-19(18)29/h6-11,13-14,23,29H,4-5,12H2,1-3H3,(H,26,27). The van der Waals surface area contributed by atoms with Crippen molar-refractivity contribution in [2.24, 2.45) is 0 Å². The predicted octanol–water partition coefficient (Wildman–Crippen LogP) is 5.90. The lowest BCUT2D eigenvalue weighted by Crippen LogP contribution is -2.30. The van der Waals surface area contributed by atoms with E-state index in [-0.39, 0.29) is 17.7 Å². The second-order valence-corrected chi connectivity index (χ2v) is 8.53. The summed E-state index contributed by atoms with van der Waals surface area (Å²) in [5.41, 5.74) is 4.66. The molecule has 4 rings (SSSR count). The van der Waals surface area contributed by atoms with Gasteiger partial charge in [0, 0.05) is 22.7 Å². The van der Waals surface area contributed by atoms with Gasteiger partial charge in [0.05, 0.1) is 6.04 Å². The Labute approximate surface area is 181 Å². The van der Waals surface area contributed by atoms with Crippen LogP contribution in [0.5, 0.6) is 5.75 Å². The fourth-order valence-electron chi connectivity index (χ4n) is 4.07. The number of carbonyl (C=O) groups is 1. The smallest absolute Gasteiger partial charge is 0.273 e. The van der Waals surface area contributed by atoms with Gasteiger partial charge in [0.2, 0.25) is 0 Å². The third-order valence-corrected chi connectivity index (χ3v) is 5.98. The van der Waals surface area contributed by atoms with Gasteiger partial charge in [-0.1, -0.05) is 63.1 Å². The van der Waals surface area contributed by atoms with Crippen molar-refractivity contribution in [3.63, 3.8) is 0 Å². The summed E-state index contributed by atoms with van der Waals surface area (Å²) in [5, 5.41) is 18.3. The Morgan fingerprint density at radius 3 is 2.60 bits per heavy atom. The van der Waals surface area contributed by atoms with Crippen molar-refractivity contribution >= 4 is 17.5 Å². The van der Waals surface area contributed by atoms with Crippen molar-refractivity contribution in [1.82, 2.24) is 15.1 Å². The first kappa shape index (κ1) is 20.5. The van der Waals surface area contributed by atoms with E-state index in [9.17, 15) is 9.90 Å². The molecule has 2 heterocycles. The van der Waals surface area contributed by atoms with Crippen molar-refractivity contribution in [3.8, 4) is 17.0 Å². The average Bonchev–Trinajstić information content (AvgIpc) is 3.27. The number of carbonyl (C=O) groups excluding carboxylic acids is 1. The first-order chi connectivity index (χ1) is 14.4. The minimum atomic E-state index is -0.257. The van der Waals surface area contributed by atoms with E-state index >= 15 is 0 Å². The Hall–Kier alpha value is -2.79. The predicted molar refractivity (Wildman–Crippen MR) is 119 cm³/mol. The molecule has 2 aromatic carbocycles. The maximum absolute atomic E-state index is 13.2. The zero-order chi connectivity index (χ0) is 21.4. The second kappa shape index (κ2) is 8.15. The normalized spacial score (nSPS) is 15.8. The molecule has 0 fully saturated rings. The number of aromatic amines is 1. The second-order valence-electron chi connectivity index (χ2n) is 8.10. The molecule has 3 aromatic rings. The average molecular weight is 424 g/mol. The molecule has 6 heteroatoms. The van der Waals surface area contributed by atoms with Crippen LogP contribution in [0.4, 0.5) is 0 Å². The minimum Gasteiger partial charge on any atom is -0.507 e. The largest absolute Gasteiger partial charge is 0.507 e. The molecule has 0 radical (unpaired) electrons. The van der Waals surface area contributed by atoms with Gasteiger partial charge in [-0.2, -0.15) is 5.10 Å². The summed E-state index contributed by atoms with van der Waals surface area (Å²) in [6.45, 7) is 7.10. The highest BCUT2D eigenvalue weighted by molar-refractivity contribution is 6.31. The number of aromatic nitrogens is 2. The highest BCUT2D eigenvalue weighted by Gasteiger charge is 2.42. The van der Waals surface area contributed by atoms with Crippen molar-refractivity contribution in [3.05, 3.63) is 69.9 Å². The van der Waals surface area contributed by atoms with Crippen molar-refractivity contribution in [2.45, 2.75) is 45.6 Å². The summed E-state index contributed by atoms with van der Waals surface area (Å²) in [4.78, 5) is 15.1. The van der Waals surface area contributed by atoms with E-state index in [1.807, 2.05) is 4.90 Å². The number of nitrogens with zero attached hydrogens (tertiary/aromatic N) is 2. The first-order valence-electron chi connectivity index (χ1n) is 10.4. The van der Waals surface area contributed by atoms with Gasteiger partial charge in [-0.15, -0.1) is 0 Å². The van der Waals surface area contributed by atoms with E-state index in [2.05, 4.69) is 55.2 Å². The van der Waals surface area contributed by atoms with Crippen LogP contribution in [-0.2, 0) is 0 Å². The molecule has 0 saturated heterocycles. The van der Waals surface area contributed by atoms with Gasteiger partial charge in [0.1, 0.15) is 17.1 Å². The number of nitrogens with one attached hydrogen (secondary N) is 1. The fourth-order valence-corrected chi connectivity index (χ4v) is 4.24. The molecule has 30 heavy (non-hydrogen) atoms. The van der Waals surface area contributed by atoms with Crippen LogP contribution in [0, 0.1) is 0 Å². The SMILES string of the molecule is CCCCN1C(=O)c2[nH]nc(-c3cc(Cl)ccc3O)c2C1c1ccc(C(C)C)cc1. The number of H-pyrrole nitrogens is 1. The molecule has 1 atom stereocenters. The number of rotatable bonds is 6. The monoisotopic (exact) mass is 423 g/mol. The van der Waals surface area contributed by atoms with E-state index in [4.69, 9.17) is 11.6 Å². The molecule has 1 amide bonds. The summed E-state index contributed by atoms with van der Waals surface area (Å²) < 4.78 is 0. The third kappa shape index (κ3) is 3.47. The van der Waals surface area contributed by atoms with Crippen molar-refractivity contribution in [1.29, 1.82) is 0 Å². The molecule has 0 bridgehead atoms. The van der Waals surface area contributed by atoms with E-state index in [0.29, 0.717) is 34.4 Å². The van der Waals surface area contributed by atoms with Crippen LogP contribution in [0.15, 0.2) is 42.5 Å². The van der Waals surface area contributed by atoms with E-state index in [0.717, 1.165) is 24.0 Å². The number of amides is 1. The summed E-state index contributed by atoms with van der Waals surface area (Å²) in [6.07, 6.45) is 1.92. The first-order valence-corrected chi connectivity index (χ1v) is 10.8. The van der Waals surface area contributed by atoms with Gasteiger partial charge in [-0.25, -0.2) is 0 Å². The van der Waals surface area contributed by atoms with Gasteiger partial charge in [0.25, 0.3) is 5.91 Å². The van der Waals surface area contributed by atoms with Crippen LogP contribution >= 0.6 is 11.6 Å². The quantitative estimate of drug-likeness (QED) is 0.518. The van der Waals surface area contributed by atoms with Crippen LogP contribution in [-0.4, -0.2) is 32.7 Å². The summed E-state index contributed by atoms with van der Waals surface area (Å²) in [6, 6.07) is 13.0. The van der Waals surface area contributed by atoms with Gasteiger partial charge in [0.15, 0.2) is 0 Å². The number of halogens is 1. The molecule has 0 spiro atoms. The third-order valence-electron chi connectivity index (χ3n) is 5.75. The lowest BCUT2D eigenvalue weighted by atomic mass is 9.93. The number of phenols is 1. The molecule has 1 aromatic heterocycles. The maximum Gasteiger partial charge on any atom is 0.273 e. The minimum absolute atomic E-state index is 0.0587. The van der Waals surface area contributed by atoms with Crippen LogP contribution < -0.4 is 0 Å². The number of hydrogen-bond acceptors (Lipinski definition) is 3. The molecule has 0 saturated carbocycles. The molecule has 0 aliphatic carbocycles. The van der Waals surface area contributed by atoms with Crippen LogP contribution in [0.1, 0.15) is 72.8 Å². The summed E-state index contributed by atoms with van der Waals surface area (Å²) in [7, 11) is 0. The fraction of sp³-hybridized carbons (Fsp3) is 0.333. The molecular weight excluding hydrogens is 398 g/mol. The van der Waals surface area contributed by atoms with Crippen molar-refractivity contribution in [2.75, 3.05) is 6.54 Å². The number of unbranched alkanes of at least 4 members (excludes halogenated alkanes) is 1. The number of benzene rings is 2. The zero-order valence-electron chi connectivity index (χ0n) is 17.4. The lowest BCUT2D eigenvalue weighted by molar-refractivity contribution is 0.0741. The Balaban J connectivity index is 1.86. The molecule has 5 nitrogen and oxygen atoms in total. The molecule has 1 aliphatic heterocycles. The van der Waals surface area contributed by atoms with E-state index in [1.54, 1.807) is 18.2 Å². The highest BCUT2D eigenvalue weighted by Crippen LogP contribution is 2.45. The summed E-state index contributed by atoms with van der Waals surface area (Å²) in [5.74, 6) is 0.461. The van der Waals surface area contributed by atoms with Gasteiger partial charge in [-0.05, 0) is 41.7 Å². The van der Waals surface area contributed by atoms with Crippen LogP contribution in [0.25, 0.3) is 11.3 Å². The molecule has 2 N–H and O–H groups in total. The number of aromatic hydroxyl groups is 1. The molecular formula is C24H26ClN3O2. The highest BCUT2D eigenvalue weighted by atomic mass is 35.5.